The Kier molecular flexibility index (Phi) is 5.44. The first-order valence-corrected chi connectivity index (χ1v) is 9.16. The molecule has 2 heterocycles. The summed E-state index contributed by atoms with van der Waals surface area (Å²) in [4.78, 5) is 25.8. The molecule has 2 rings (SSSR count). The van der Waals surface area contributed by atoms with Gasteiger partial charge in [-0.05, 0) is 0 Å². The molecule has 0 atom stereocenters. The van der Waals surface area contributed by atoms with Gasteiger partial charge in [-0.15, -0.1) is 5.10 Å². The van der Waals surface area contributed by atoms with E-state index in [9.17, 15) is 18.0 Å². The normalized spacial score (nSPS) is 16.0. The Hall–Kier alpha value is -2.14. The van der Waals surface area contributed by atoms with E-state index in [0.717, 1.165) is 6.26 Å². The van der Waals surface area contributed by atoms with E-state index in [0.29, 0.717) is 13.1 Å². The summed E-state index contributed by atoms with van der Waals surface area (Å²) >= 11 is 0. The number of amides is 2. The smallest absolute Gasteiger partial charge is 0.258 e. The molecule has 24 heavy (non-hydrogen) atoms. The van der Waals surface area contributed by atoms with Crippen molar-refractivity contribution >= 4 is 21.8 Å². The van der Waals surface area contributed by atoms with E-state index in [1.807, 2.05) is 0 Å². The van der Waals surface area contributed by atoms with Crippen molar-refractivity contribution < 1.29 is 22.7 Å². The van der Waals surface area contributed by atoms with Gasteiger partial charge in [0.05, 0.1) is 19.9 Å². The number of ether oxygens (including phenoxy) is 1. The minimum absolute atomic E-state index is 0.171. The number of aromatic nitrogens is 2. The molecule has 1 saturated heterocycles. The molecule has 0 bridgehead atoms. The number of piperazine rings is 1. The number of carbonyl (C=O) groups excluding carboxylic acids is 2. The summed E-state index contributed by atoms with van der Waals surface area (Å²) in [5.41, 5.74) is 0.245. The number of nitrogens with one attached hydrogen (secondary N) is 1. The minimum Gasteiger partial charge on any atom is -0.479 e. The number of methoxy groups -OCH3 is 1. The molecular formula is C13H21N5O5S. The van der Waals surface area contributed by atoms with Crippen LogP contribution in [0.15, 0.2) is 6.20 Å². The van der Waals surface area contributed by atoms with Gasteiger partial charge in [-0.25, -0.2) is 8.42 Å². The SMILES string of the molecule is COc1nn(C)cc1C(=O)NCC(=O)N1CCN(S(C)(=O)=O)CC1. The molecular weight excluding hydrogens is 338 g/mol. The third kappa shape index (κ3) is 4.23. The van der Waals surface area contributed by atoms with E-state index in [4.69, 9.17) is 4.74 Å². The monoisotopic (exact) mass is 359 g/mol. The molecule has 1 aromatic rings. The molecule has 1 aromatic heterocycles. The zero-order valence-electron chi connectivity index (χ0n) is 13.9. The van der Waals surface area contributed by atoms with Crippen molar-refractivity contribution in [3.63, 3.8) is 0 Å². The number of hydrogen-bond acceptors (Lipinski definition) is 6. The van der Waals surface area contributed by atoms with Gasteiger partial charge in [0.2, 0.25) is 21.8 Å². The quantitative estimate of drug-likeness (QED) is 0.668. The largest absolute Gasteiger partial charge is 0.479 e. The van der Waals surface area contributed by atoms with Crippen molar-refractivity contribution in [2.75, 3.05) is 46.1 Å². The van der Waals surface area contributed by atoms with Gasteiger partial charge in [0, 0.05) is 39.4 Å². The number of rotatable bonds is 5. The Morgan fingerprint density at radius 3 is 2.46 bits per heavy atom. The van der Waals surface area contributed by atoms with E-state index in [1.165, 1.54) is 27.2 Å². The molecule has 0 radical (unpaired) electrons. The Bertz CT molecular complexity index is 721. The van der Waals surface area contributed by atoms with Crippen LogP contribution in [0.25, 0.3) is 0 Å². The van der Waals surface area contributed by atoms with Crippen LogP contribution in [-0.2, 0) is 21.9 Å². The zero-order chi connectivity index (χ0) is 17.9. The molecule has 1 N–H and O–H groups in total. The fourth-order valence-corrected chi connectivity index (χ4v) is 3.23. The molecule has 0 saturated carbocycles. The molecule has 134 valence electrons. The van der Waals surface area contributed by atoms with Gasteiger partial charge in [0.15, 0.2) is 0 Å². The predicted octanol–water partition coefficient (Wildman–Crippen LogP) is -1.74. The van der Waals surface area contributed by atoms with E-state index in [-0.39, 0.29) is 37.0 Å². The van der Waals surface area contributed by atoms with Crippen molar-refractivity contribution in [1.82, 2.24) is 24.3 Å². The topological polar surface area (TPSA) is 114 Å². The van der Waals surface area contributed by atoms with Gasteiger partial charge in [0.1, 0.15) is 5.56 Å². The lowest BCUT2D eigenvalue weighted by Crippen LogP contribution is -2.52. The highest BCUT2D eigenvalue weighted by atomic mass is 32.2. The maximum Gasteiger partial charge on any atom is 0.258 e. The molecule has 2 amide bonds. The maximum absolute atomic E-state index is 12.1. The number of hydrogen-bond donors (Lipinski definition) is 1. The second kappa shape index (κ2) is 7.18. The first-order valence-electron chi connectivity index (χ1n) is 7.31. The van der Waals surface area contributed by atoms with E-state index in [2.05, 4.69) is 10.4 Å². The number of aryl methyl sites for hydroxylation is 1. The third-order valence-corrected chi connectivity index (χ3v) is 5.00. The maximum atomic E-state index is 12.1. The summed E-state index contributed by atoms with van der Waals surface area (Å²) in [7, 11) is -0.173. The van der Waals surface area contributed by atoms with Crippen LogP contribution in [0.5, 0.6) is 5.88 Å². The summed E-state index contributed by atoms with van der Waals surface area (Å²) in [5.74, 6) is -0.536. The average Bonchev–Trinajstić information content (AvgIpc) is 2.92. The first-order chi connectivity index (χ1) is 11.2. The third-order valence-electron chi connectivity index (χ3n) is 3.69. The first kappa shape index (κ1) is 18.2. The van der Waals surface area contributed by atoms with Crippen LogP contribution in [0.1, 0.15) is 10.4 Å². The fourth-order valence-electron chi connectivity index (χ4n) is 2.41. The van der Waals surface area contributed by atoms with E-state index >= 15 is 0 Å². The van der Waals surface area contributed by atoms with Crippen LogP contribution >= 0.6 is 0 Å². The second-order valence-corrected chi connectivity index (χ2v) is 7.43. The second-order valence-electron chi connectivity index (χ2n) is 5.45. The molecule has 10 nitrogen and oxygen atoms in total. The summed E-state index contributed by atoms with van der Waals surface area (Å²) in [6, 6.07) is 0. The Morgan fingerprint density at radius 2 is 1.92 bits per heavy atom. The number of sulfonamides is 1. The molecule has 1 aliphatic heterocycles. The van der Waals surface area contributed by atoms with Crippen molar-refractivity contribution in [3.8, 4) is 5.88 Å². The molecule has 1 aliphatic rings. The predicted molar refractivity (Wildman–Crippen MR) is 85.1 cm³/mol. The van der Waals surface area contributed by atoms with Gasteiger partial charge >= 0.3 is 0 Å². The lowest BCUT2D eigenvalue weighted by Gasteiger charge is -2.33. The molecule has 0 aliphatic carbocycles. The fraction of sp³-hybridized carbons (Fsp3) is 0.615. The molecule has 0 aromatic carbocycles. The van der Waals surface area contributed by atoms with Crippen LogP contribution < -0.4 is 10.1 Å². The highest BCUT2D eigenvalue weighted by Gasteiger charge is 2.26. The Balaban J connectivity index is 1.86. The van der Waals surface area contributed by atoms with Crippen molar-refractivity contribution in [2.45, 2.75) is 0 Å². The lowest BCUT2D eigenvalue weighted by molar-refractivity contribution is -0.131. The standard InChI is InChI=1S/C13H21N5O5S/c1-16-9-10(13(15-16)23-2)12(20)14-8-11(19)17-4-6-18(7-5-17)24(3,21)22/h9H,4-8H2,1-3H3,(H,14,20). The van der Waals surface area contributed by atoms with Gasteiger partial charge < -0.3 is 15.0 Å². The van der Waals surface area contributed by atoms with E-state index in [1.54, 1.807) is 7.05 Å². The van der Waals surface area contributed by atoms with Gasteiger partial charge in [0.25, 0.3) is 5.91 Å². The van der Waals surface area contributed by atoms with Crippen molar-refractivity contribution in [3.05, 3.63) is 11.8 Å². The van der Waals surface area contributed by atoms with Crippen molar-refractivity contribution in [1.29, 1.82) is 0 Å². The molecule has 0 unspecified atom stereocenters. The van der Waals surface area contributed by atoms with Gasteiger partial charge in [-0.3, -0.25) is 14.3 Å². The molecule has 1 fully saturated rings. The van der Waals surface area contributed by atoms with Crippen LogP contribution in [-0.4, -0.2) is 85.3 Å². The lowest BCUT2D eigenvalue weighted by atomic mass is 10.3. The van der Waals surface area contributed by atoms with Crippen LogP contribution in [0, 0.1) is 0 Å². The Labute approximate surface area is 140 Å². The van der Waals surface area contributed by atoms with Crippen LogP contribution in [0.3, 0.4) is 0 Å². The molecule has 0 spiro atoms. The Morgan fingerprint density at radius 1 is 1.29 bits per heavy atom. The molecule has 11 heteroatoms. The minimum atomic E-state index is -3.24. The van der Waals surface area contributed by atoms with Crippen LogP contribution in [0.4, 0.5) is 0 Å². The number of carbonyl (C=O) groups is 2. The number of nitrogens with zero attached hydrogens (tertiary/aromatic N) is 4. The highest BCUT2D eigenvalue weighted by molar-refractivity contribution is 7.88. The van der Waals surface area contributed by atoms with Gasteiger partial charge in [-0.2, -0.15) is 4.31 Å². The summed E-state index contributed by atoms with van der Waals surface area (Å²) in [6.45, 7) is 0.954. The van der Waals surface area contributed by atoms with Gasteiger partial charge in [-0.1, -0.05) is 0 Å². The van der Waals surface area contributed by atoms with E-state index < -0.39 is 15.9 Å². The highest BCUT2D eigenvalue weighted by Crippen LogP contribution is 2.14. The van der Waals surface area contributed by atoms with Crippen LogP contribution in [0.2, 0.25) is 0 Å². The average molecular weight is 359 g/mol. The summed E-state index contributed by atoms with van der Waals surface area (Å²) in [6.07, 6.45) is 2.65. The summed E-state index contributed by atoms with van der Waals surface area (Å²) < 4.78 is 30.7. The van der Waals surface area contributed by atoms with Crippen molar-refractivity contribution in [2.24, 2.45) is 7.05 Å². The summed E-state index contributed by atoms with van der Waals surface area (Å²) in [5, 5.41) is 6.50. The zero-order valence-corrected chi connectivity index (χ0v) is 14.7.